The highest BCUT2D eigenvalue weighted by Crippen LogP contribution is 2.42. The van der Waals surface area contributed by atoms with Crippen LogP contribution >= 0.6 is 0 Å². The first-order chi connectivity index (χ1) is 16.5. The molecule has 34 heavy (non-hydrogen) atoms. The molecule has 1 aromatic carbocycles. The Morgan fingerprint density at radius 2 is 1.97 bits per heavy atom. The Bertz CT molecular complexity index is 1080. The van der Waals surface area contributed by atoms with E-state index in [4.69, 9.17) is 18.6 Å². The van der Waals surface area contributed by atoms with E-state index in [1.165, 1.54) is 37.5 Å². The van der Waals surface area contributed by atoms with Crippen molar-refractivity contribution in [2.75, 3.05) is 53.6 Å². The van der Waals surface area contributed by atoms with Gasteiger partial charge in [0.05, 0.1) is 45.3 Å². The van der Waals surface area contributed by atoms with Gasteiger partial charge in [-0.1, -0.05) is 0 Å². The zero-order valence-corrected chi connectivity index (χ0v) is 19.2. The largest absolute Gasteiger partial charge is 0.503 e. The Kier molecular flexibility index (Phi) is 7.34. The number of hydrogen-bond donors (Lipinski definition) is 1. The normalized spacial score (nSPS) is 19.3. The Morgan fingerprint density at radius 3 is 2.65 bits per heavy atom. The fourth-order valence-electron chi connectivity index (χ4n) is 4.22. The third kappa shape index (κ3) is 4.85. The summed E-state index contributed by atoms with van der Waals surface area (Å²) in [7, 11) is 3.05. The van der Waals surface area contributed by atoms with Gasteiger partial charge in [0.1, 0.15) is 17.3 Å². The smallest absolute Gasteiger partial charge is 0.290 e. The molecular weight excluding hydrogens is 440 g/mol. The maximum atomic E-state index is 13.3. The topological polar surface area (TPSA) is 102 Å². The van der Waals surface area contributed by atoms with Crippen LogP contribution in [0.2, 0.25) is 0 Å². The maximum absolute atomic E-state index is 13.3. The summed E-state index contributed by atoms with van der Waals surface area (Å²) >= 11 is 0. The molecule has 1 N–H and O–H groups in total. The highest BCUT2D eigenvalue weighted by Gasteiger charge is 2.44. The first-order valence-corrected chi connectivity index (χ1v) is 11.1. The molecule has 1 fully saturated rings. The first-order valence-electron chi connectivity index (χ1n) is 11.1. The van der Waals surface area contributed by atoms with Crippen molar-refractivity contribution in [2.24, 2.45) is 0 Å². The van der Waals surface area contributed by atoms with Gasteiger partial charge in [-0.05, 0) is 42.5 Å². The fourth-order valence-corrected chi connectivity index (χ4v) is 4.22. The van der Waals surface area contributed by atoms with Crippen molar-refractivity contribution in [2.45, 2.75) is 6.04 Å². The number of benzene rings is 1. The van der Waals surface area contributed by atoms with Crippen LogP contribution in [0, 0.1) is 0 Å². The van der Waals surface area contributed by atoms with Crippen LogP contribution in [0.4, 0.5) is 0 Å². The predicted octanol–water partition coefficient (Wildman–Crippen LogP) is 2.61. The van der Waals surface area contributed by atoms with Gasteiger partial charge in [0.15, 0.2) is 11.5 Å². The van der Waals surface area contributed by atoms with E-state index in [2.05, 4.69) is 4.90 Å². The fraction of sp³-hybridized carbons (Fsp3) is 0.360. The summed E-state index contributed by atoms with van der Waals surface area (Å²) in [5.41, 5.74) is 0.539. The second-order valence-corrected chi connectivity index (χ2v) is 7.94. The van der Waals surface area contributed by atoms with Crippen molar-refractivity contribution in [1.29, 1.82) is 0 Å². The van der Waals surface area contributed by atoms with Crippen molar-refractivity contribution in [3.05, 3.63) is 65.3 Å². The lowest BCUT2D eigenvalue weighted by Gasteiger charge is -2.32. The number of carbonyl (C=O) groups is 2. The van der Waals surface area contributed by atoms with E-state index >= 15 is 0 Å². The van der Waals surface area contributed by atoms with E-state index < -0.39 is 23.5 Å². The number of rotatable bonds is 9. The number of hydrogen-bond acceptors (Lipinski definition) is 8. The van der Waals surface area contributed by atoms with Crippen LogP contribution in [0.1, 0.15) is 17.4 Å². The van der Waals surface area contributed by atoms with Crippen LogP contribution in [0.15, 0.2) is 58.4 Å². The summed E-state index contributed by atoms with van der Waals surface area (Å²) in [5.74, 6) is -0.155. The average Bonchev–Trinajstić information content (AvgIpc) is 3.48. The number of ketones is 1. The van der Waals surface area contributed by atoms with Crippen LogP contribution in [0.3, 0.4) is 0 Å². The molecule has 1 aromatic heterocycles. The van der Waals surface area contributed by atoms with Gasteiger partial charge in [0.25, 0.3) is 5.91 Å². The number of amides is 1. The number of carbonyl (C=O) groups excluding carboxylic acids is 2. The van der Waals surface area contributed by atoms with Crippen LogP contribution in [0.25, 0.3) is 6.08 Å². The van der Waals surface area contributed by atoms with Crippen LogP contribution in [-0.4, -0.2) is 80.2 Å². The monoisotopic (exact) mass is 468 g/mol. The number of ether oxygens (including phenoxy) is 3. The Labute approximate surface area is 197 Å². The quantitative estimate of drug-likeness (QED) is 0.561. The molecule has 1 atom stereocenters. The second-order valence-electron chi connectivity index (χ2n) is 7.94. The molecule has 0 spiro atoms. The highest BCUT2D eigenvalue weighted by atomic mass is 16.5. The molecule has 9 nitrogen and oxygen atoms in total. The number of morpholine rings is 1. The third-order valence-electron chi connectivity index (χ3n) is 6.00. The summed E-state index contributed by atoms with van der Waals surface area (Å²) in [6.45, 7) is 3.66. The first kappa shape index (κ1) is 23.6. The van der Waals surface area contributed by atoms with Crippen molar-refractivity contribution in [3.63, 3.8) is 0 Å². The van der Waals surface area contributed by atoms with E-state index in [1.807, 2.05) is 0 Å². The number of furan rings is 1. The molecule has 4 rings (SSSR count). The van der Waals surface area contributed by atoms with Gasteiger partial charge in [-0.15, -0.1) is 0 Å². The molecule has 1 saturated heterocycles. The van der Waals surface area contributed by atoms with Crippen molar-refractivity contribution < 1.29 is 33.3 Å². The zero-order valence-electron chi connectivity index (χ0n) is 19.2. The van der Waals surface area contributed by atoms with Crippen LogP contribution in [0.5, 0.6) is 11.5 Å². The summed E-state index contributed by atoms with van der Waals surface area (Å²) in [4.78, 5) is 30.1. The summed E-state index contributed by atoms with van der Waals surface area (Å²) in [6, 6.07) is 7.74. The molecule has 3 heterocycles. The minimum Gasteiger partial charge on any atom is -0.503 e. The lowest BCUT2D eigenvalue weighted by atomic mass is 9.94. The van der Waals surface area contributed by atoms with Gasteiger partial charge in [-0.2, -0.15) is 0 Å². The Hall–Kier alpha value is -3.56. The van der Waals surface area contributed by atoms with Crippen LogP contribution in [-0.2, 0) is 14.3 Å². The molecule has 1 amide bonds. The molecule has 0 saturated carbocycles. The zero-order chi connectivity index (χ0) is 24.1. The number of nitrogens with zero attached hydrogens (tertiary/aromatic N) is 2. The van der Waals surface area contributed by atoms with Gasteiger partial charge in [0.2, 0.25) is 0 Å². The van der Waals surface area contributed by atoms with Crippen LogP contribution < -0.4 is 9.47 Å². The molecule has 2 aliphatic rings. The van der Waals surface area contributed by atoms with E-state index in [0.29, 0.717) is 49.1 Å². The van der Waals surface area contributed by atoms with E-state index in [9.17, 15) is 14.7 Å². The predicted molar refractivity (Wildman–Crippen MR) is 124 cm³/mol. The molecule has 2 aromatic rings. The molecule has 9 heteroatoms. The van der Waals surface area contributed by atoms with Crippen molar-refractivity contribution in [3.8, 4) is 11.5 Å². The molecule has 0 radical (unpaired) electrons. The van der Waals surface area contributed by atoms with Gasteiger partial charge in [-0.25, -0.2) is 0 Å². The summed E-state index contributed by atoms with van der Waals surface area (Å²) in [5, 5.41) is 10.8. The molecule has 0 aliphatic carbocycles. The van der Waals surface area contributed by atoms with E-state index in [1.54, 1.807) is 30.3 Å². The second kappa shape index (κ2) is 10.6. The lowest BCUT2D eigenvalue weighted by molar-refractivity contribution is -0.129. The number of aliphatic hydroxyl groups excluding tert-OH is 1. The Morgan fingerprint density at radius 1 is 1.18 bits per heavy atom. The minimum absolute atomic E-state index is 0.0127. The standard InChI is InChI=1S/C25H28N2O7/c1-31-18-6-8-21(32-2)19(16-18)23-22(20(28)7-5-17-4-3-13-34-17)24(29)25(30)27(23)10-9-26-11-14-33-15-12-26/h3-8,13,16,23,29H,9-12,14-15H2,1-2H3/b7-5+. The Balaban J connectivity index is 1.70. The van der Waals surface area contributed by atoms with Gasteiger partial charge < -0.3 is 28.6 Å². The molecule has 1 unspecified atom stereocenters. The van der Waals surface area contributed by atoms with Gasteiger partial charge >= 0.3 is 0 Å². The minimum atomic E-state index is -0.840. The highest BCUT2D eigenvalue weighted by molar-refractivity contribution is 6.14. The van der Waals surface area contributed by atoms with Crippen molar-refractivity contribution in [1.82, 2.24) is 9.80 Å². The maximum Gasteiger partial charge on any atom is 0.290 e. The van der Waals surface area contributed by atoms with E-state index in [0.717, 1.165) is 13.1 Å². The molecule has 2 aliphatic heterocycles. The van der Waals surface area contributed by atoms with E-state index in [-0.39, 0.29) is 5.57 Å². The third-order valence-corrected chi connectivity index (χ3v) is 6.00. The number of allylic oxidation sites excluding steroid dienone is 1. The lowest BCUT2D eigenvalue weighted by Crippen LogP contribution is -2.43. The number of methoxy groups -OCH3 is 2. The number of aliphatic hydroxyl groups is 1. The average molecular weight is 469 g/mol. The SMILES string of the molecule is COc1ccc(OC)c(C2C(C(=O)/C=C/c3ccco3)=C(O)C(=O)N2CCN2CCOCC2)c1. The summed E-state index contributed by atoms with van der Waals surface area (Å²) in [6.07, 6.45) is 4.30. The van der Waals surface area contributed by atoms with Crippen molar-refractivity contribution >= 4 is 17.8 Å². The molecular formula is C25H28N2O7. The summed E-state index contributed by atoms with van der Waals surface area (Å²) < 4.78 is 21.6. The van der Waals surface area contributed by atoms with Gasteiger partial charge in [0, 0.05) is 31.7 Å². The molecule has 0 bridgehead atoms. The van der Waals surface area contributed by atoms with Gasteiger partial charge in [-0.3, -0.25) is 14.5 Å². The molecule has 180 valence electrons.